The highest BCUT2D eigenvalue weighted by molar-refractivity contribution is 6.02. The van der Waals surface area contributed by atoms with Gasteiger partial charge in [0, 0.05) is 29.3 Å². The molecule has 0 unspecified atom stereocenters. The summed E-state index contributed by atoms with van der Waals surface area (Å²) in [6, 6.07) is 6.99. The van der Waals surface area contributed by atoms with Crippen molar-refractivity contribution in [3.8, 4) is 11.5 Å². The molecule has 0 atom stereocenters. The molecule has 0 aliphatic heterocycles. The molecule has 2 rings (SSSR count). The van der Waals surface area contributed by atoms with Gasteiger partial charge in [-0.25, -0.2) is 8.78 Å². The predicted molar refractivity (Wildman–Crippen MR) is 89.9 cm³/mol. The van der Waals surface area contributed by atoms with Crippen LogP contribution in [0.1, 0.15) is 11.1 Å². The number of benzene rings is 2. The number of ketones is 1. The fourth-order valence-corrected chi connectivity index (χ4v) is 1.89. The Morgan fingerprint density at radius 2 is 1.32 bits per heavy atom. The molecular weight excluding hydrogens is 330 g/mol. The van der Waals surface area contributed by atoms with Crippen molar-refractivity contribution in [1.82, 2.24) is 0 Å². The van der Waals surface area contributed by atoms with E-state index in [1.54, 1.807) is 0 Å². The number of hydrogen-bond donors (Lipinski definition) is 3. The van der Waals surface area contributed by atoms with E-state index in [4.69, 9.17) is 10.2 Å². The zero-order valence-corrected chi connectivity index (χ0v) is 12.9. The molecule has 0 fully saturated rings. The fraction of sp³-hybridized carbons (Fsp3) is 0. The average Bonchev–Trinajstić information content (AvgIpc) is 2.53. The number of hydrogen-bond acceptors (Lipinski definition) is 4. The number of carbonyl (C=O) groups excluding carboxylic acids is 1. The molecule has 0 heterocycles. The van der Waals surface area contributed by atoms with E-state index in [2.05, 4.69) is 0 Å². The van der Waals surface area contributed by atoms with Crippen LogP contribution < -0.4 is 0 Å². The maximum absolute atomic E-state index is 13.5. The second-order valence-corrected chi connectivity index (χ2v) is 5.05. The Morgan fingerprint density at radius 1 is 0.840 bits per heavy atom. The van der Waals surface area contributed by atoms with Crippen molar-refractivity contribution in [2.45, 2.75) is 0 Å². The summed E-state index contributed by atoms with van der Waals surface area (Å²) in [6.45, 7) is 0. The standard InChI is InChI=1S/C19H14F2O4/c20-18-10-16(24)7-3-12(18)1-5-14(22)9-15(23)6-2-13-4-8-17(25)11-19(13)21/h1-11,22,24-25H/b5-1+,6-2+,14-9-. The molecule has 4 nitrogen and oxygen atoms in total. The van der Waals surface area contributed by atoms with Gasteiger partial charge >= 0.3 is 0 Å². The molecule has 0 aliphatic rings. The number of carbonyl (C=O) groups is 1. The number of phenols is 2. The van der Waals surface area contributed by atoms with Crippen LogP contribution in [0.4, 0.5) is 8.78 Å². The SMILES string of the molecule is O=C(/C=C(O)/C=C/c1ccc(O)cc1F)/C=C/c1ccc(O)cc1F. The number of allylic oxidation sites excluding steroid dienone is 3. The van der Waals surface area contributed by atoms with Crippen LogP contribution in [-0.4, -0.2) is 21.1 Å². The van der Waals surface area contributed by atoms with E-state index in [0.29, 0.717) is 0 Å². The Bertz CT molecular complexity index is 883. The number of aliphatic hydroxyl groups excluding tert-OH is 1. The first-order valence-corrected chi connectivity index (χ1v) is 7.13. The summed E-state index contributed by atoms with van der Waals surface area (Å²) in [5.41, 5.74) is 0.215. The quantitative estimate of drug-likeness (QED) is 0.433. The van der Waals surface area contributed by atoms with Crippen LogP contribution in [0.3, 0.4) is 0 Å². The van der Waals surface area contributed by atoms with Crippen molar-refractivity contribution in [3.05, 3.63) is 83.1 Å². The Balaban J connectivity index is 2.06. The largest absolute Gasteiger partial charge is 0.508 e. The number of halogens is 2. The second kappa shape index (κ2) is 7.92. The molecule has 3 N–H and O–H groups in total. The fourth-order valence-electron chi connectivity index (χ4n) is 1.89. The molecule has 0 saturated heterocycles. The normalized spacial score (nSPS) is 12.2. The highest BCUT2D eigenvalue weighted by Crippen LogP contribution is 2.17. The van der Waals surface area contributed by atoms with Crippen molar-refractivity contribution in [2.24, 2.45) is 0 Å². The number of aliphatic hydroxyl groups is 1. The van der Waals surface area contributed by atoms with Crippen molar-refractivity contribution in [1.29, 1.82) is 0 Å². The highest BCUT2D eigenvalue weighted by Gasteiger charge is 2.02. The molecule has 0 amide bonds. The molecule has 0 radical (unpaired) electrons. The van der Waals surface area contributed by atoms with Gasteiger partial charge in [-0.3, -0.25) is 4.79 Å². The molecule has 25 heavy (non-hydrogen) atoms. The lowest BCUT2D eigenvalue weighted by Gasteiger charge is -1.98. The minimum absolute atomic E-state index is 0.0979. The van der Waals surface area contributed by atoms with E-state index in [1.165, 1.54) is 36.4 Å². The topological polar surface area (TPSA) is 77.8 Å². The summed E-state index contributed by atoms with van der Waals surface area (Å²) >= 11 is 0. The van der Waals surface area contributed by atoms with Crippen LogP contribution in [0.5, 0.6) is 11.5 Å². The van der Waals surface area contributed by atoms with Crippen LogP contribution in [0.25, 0.3) is 12.2 Å². The van der Waals surface area contributed by atoms with Gasteiger partial charge in [-0.1, -0.05) is 0 Å². The smallest absolute Gasteiger partial charge is 0.182 e. The van der Waals surface area contributed by atoms with E-state index in [0.717, 1.165) is 30.4 Å². The van der Waals surface area contributed by atoms with Gasteiger partial charge in [0.2, 0.25) is 0 Å². The molecule has 2 aromatic carbocycles. The third kappa shape index (κ3) is 5.31. The van der Waals surface area contributed by atoms with E-state index in [-0.39, 0.29) is 22.6 Å². The maximum atomic E-state index is 13.5. The van der Waals surface area contributed by atoms with Crippen LogP contribution >= 0.6 is 0 Å². The minimum atomic E-state index is -0.694. The molecule has 2 aromatic rings. The van der Waals surface area contributed by atoms with E-state index in [9.17, 15) is 18.7 Å². The van der Waals surface area contributed by atoms with Gasteiger partial charge in [0.25, 0.3) is 0 Å². The second-order valence-electron chi connectivity index (χ2n) is 5.05. The monoisotopic (exact) mass is 344 g/mol. The van der Waals surface area contributed by atoms with Gasteiger partial charge < -0.3 is 15.3 Å². The first-order chi connectivity index (χ1) is 11.8. The summed E-state index contributed by atoms with van der Waals surface area (Å²) in [4.78, 5) is 11.7. The number of aromatic hydroxyl groups is 2. The molecule has 0 saturated carbocycles. The van der Waals surface area contributed by atoms with Crippen molar-refractivity contribution in [3.63, 3.8) is 0 Å². The zero-order valence-electron chi connectivity index (χ0n) is 12.9. The summed E-state index contributed by atoms with van der Waals surface area (Å²) in [7, 11) is 0. The maximum Gasteiger partial charge on any atom is 0.182 e. The number of phenolic OH excluding ortho intramolecular Hbond substituents is 2. The van der Waals surface area contributed by atoms with E-state index in [1.807, 2.05) is 0 Å². The lowest BCUT2D eigenvalue weighted by Crippen LogP contribution is -1.90. The zero-order chi connectivity index (χ0) is 18.4. The lowest BCUT2D eigenvalue weighted by atomic mass is 10.1. The first-order valence-electron chi connectivity index (χ1n) is 7.13. The number of rotatable bonds is 5. The summed E-state index contributed by atoms with van der Waals surface area (Å²) in [5.74, 6) is -2.87. The van der Waals surface area contributed by atoms with Crippen LogP contribution in [0, 0.1) is 11.6 Å². The first kappa shape index (κ1) is 17.9. The van der Waals surface area contributed by atoms with Gasteiger partial charge in [0.15, 0.2) is 5.78 Å². The molecule has 0 bridgehead atoms. The predicted octanol–water partition coefficient (Wildman–Crippen LogP) is 4.11. The van der Waals surface area contributed by atoms with Crippen LogP contribution in [-0.2, 0) is 4.79 Å². The van der Waals surface area contributed by atoms with Gasteiger partial charge in [-0.15, -0.1) is 0 Å². The third-order valence-corrected chi connectivity index (χ3v) is 3.12. The van der Waals surface area contributed by atoms with E-state index < -0.39 is 23.2 Å². The van der Waals surface area contributed by atoms with Crippen molar-refractivity contribution >= 4 is 17.9 Å². The molecule has 0 aromatic heterocycles. The minimum Gasteiger partial charge on any atom is -0.508 e. The molecule has 0 spiro atoms. The molecule has 6 heteroatoms. The van der Waals surface area contributed by atoms with Gasteiger partial charge in [-0.2, -0.15) is 0 Å². The van der Waals surface area contributed by atoms with Gasteiger partial charge in [-0.05, 0) is 48.6 Å². The van der Waals surface area contributed by atoms with Gasteiger partial charge in [0.1, 0.15) is 28.9 Å². The summed E-state index contributed by atoms with van der Waals surface area (Å²) in [6.07, 6.45) is 5.47. The molecular formula is C19H14F2O4. The van der Waals surface area contributed by atoms with Crippen molar-refractivity contribution < 1.29 is 28.9 Å². The summed E-state index contributed by atoms with van der Waals surface area (Å²) < 4.78 is 27.0. The van der Waals surface area contributed by atoms with Gasteiger partial charge in [0.05, 0.1) is 0 Å². The highest BCUT2D eigenvalue weighted by atomic mass is 19.1. The van der Waals surface area contributed by atoms with Crippen molar-refractivity contribution in [2.75, 3.05) is 0 Å². The Labute approximate surface area is 142 Å². The third-order valence-electron chi connectivity index (χ3n) is 3.12. The Kier molecular flexibility index (Phi) is 5.68. The van der Waals surface area contributed by atoms with Crippen LogP contribution in [0.15, 0.2) is 60.4 Å². The van der Waals surface area contributed by atoms with Crippen LogP contribution in [0.2, 0.25) is 0 Å². The lowest BCUT2D eigenvalue weighted by molar-refractivity contribution is -0.110. The Hall–Kier alpha value is -3.41. The van der Waals surface area contributed by atoms with E-state index >= 15 is 0 Å². The Morgan fingerprint density at radius 3 is 1.80 bits per heavy atom. The molecule has 128 valence electrons. The summed E-state index contributed by atoms with van der Waals surface area (Å²) in [5, 5.41) is 27.9. The molecule has 0 aliphatic carbocycles. The average molecular weight is 344 g/mol.